The maximum absolute atomic E-state index is 14.0. The number of carbonyl (C=O) groups excluding carboxylic acids is 2. The Balaban J connectivity index is 2.44. The Morgan fingerprint density at radius 1 is 1.13 bits per heavy atom. The number of alkyl halides is 1. The van der Waals surface area contributed by atoms with E-state index in [4.69, 9.17) is 27.9 Å². The molecule has 214 valence electrons. The van der Waals surface area contributed by atoms with Gasteiger partial charge >= 0.3 is 0 Å². The Morgan fingerprint density at radius 2 is 1.79 bits per heavy atom. The minimum atomic E-state index is -0.766. The van der Waals surface area contributed by atoms with Gasteiger partial charge < -0.3 is 9.64 Å². The summed E-state index contributed by atoms with van der Waals surface area (Å²) in [5.41, 5.74) is 1.63. The normalized spacial score (nSPS) is 19.4. The largest absolute Gasteiger partial charge is 0.356 e. The van der Waals surface area contributed by atoms with E-state index in [0.29, 0.717) is 23.2 Å². The molecule has 1 aliphatic rings. The third kappa shape index (κ3) is 8.72. The molecule has 0 N–H and O–H groups in total. The van der Waals surface area contributed by atoms with Gasteiger partial charge in [0.15, 0.2) is 6.23 Å². The Bertz CT molecular complexity index is 962. The van der Waals surface area contributed by atoms with Crippen molar-refractivity contribution in [2.24, 2.45) is 11.3 Å². The predicted molar refractivity (Wildman–Crippen MR) is 160 cm³/mol. The van der Waals surface area contributed by atoms with E-state index in [1.54, 1.807) is 15.9 Å². The number of benzene rings is 1. The van der Waals surface area contributed by atoms with Gasteiger partial charge in [-0.2, -0.15) is 0 Å². The lowest BCUT2D eigenvalue weighted by atomic mass is 9.72. The molecule has 1 aliphatic carbocycles. The fourth-order valence-corrected chi connectivity index (χ4v) is 6.29. The number of nitrogens with zero attached hydrogens (tertiary/aromatic N) is 2. The first-order valence-electron chi connectivity index (χ1n) is 14.1. The van der Waals surface area contributed by atoms with E-state index in [0.717, 1.165) is 44.1 Å². The minimum Gasteiger partial charge on any atom is -0.356 e. The third-order valence-corrected chi connectivity index (χ3v) is 8.04. The fourth-order valence-electron chi connectivity index (χ4n) is 5.80. The van der Waals surface area contributed by atoms with Crippen molar-refractivity contribution in [2.45, 2.75) is 118 Å². The highest BCUT2D eigenvalue weighted by Crippen LogP contribution is 2.41. The number of carbonyl (C=O) groups is 2. The van der Waals surface area contributed by atoms with Crippen molar-refractivity contribution in [3.63, 3.8) is 0 Å². The van der Waals surface area contributed by atoms with Gasteiger partial charge in [0, 0.05) is 19.6 Å². The number of hydrogen-bond acceptors (Lipinski definition) is 3. The number of allylic oxidation sites excluding steroid dienone is 1. The van der Waals surface area contributed by atoms with Crippen LogP contribution < -0.4 is 4.90 Å². The van der Waals surface area contributed by atoms with Crippen molar-refractivity contribution in [1.29, 1.82) is 0 Å². The van der Waals surface area contributed by atoms with Gasteiger partial charge in [0.25, 0.3) is 0 Å². The van der Waals surface area contributed by atoms with Crippen LogP contribution in [0.2, 0.25) is 5.02 Å². The molecule has 0 radical (unpaired) electrons. The number of amides is 2. The monoisotopic (exact) mass is 566 g/mol. The SMILES string of the molecule is CCCCCCOC(C(C)N(C(=O)C(Cl)C1=CC(C)CC(C)(C)C1)C(C)C)N(C(C)=O)c1ccccc1Cl. The number of para-hydroxylation sites is 1. The molecule has 38 heavy (non-hydrogen) atoms. The van der Waals surface area contributed by atoms with Crippen LogP contribution in [0.15, 0.2) is 35.9 Å². The number of unbranched alkanes of at least 4 members (excludes halogenated alkanes) is 3. The first-order chi connectivity index (χ1) is 17.8. The molecule has 0 heterocycles. The van der Waals surface area contributed by atoms with Gasteiger partial charge in [-0.05, 0) is 69.1 Å². The molecule has 7 heteroatoms. The Kier molecular flexibility index (Phi) is 12.6. The van der Waals surface area contributed by atoms with Crippen LogP contribution in [-0.4, -0.2) is 47.0 Å². The molecule has 5 nitrogen and oxygen atoms in total. The van der Waals surface area contributed by atoms with Crippen LogP contribution in [0.3, 0.4) is 0 Å². The van der Waals surface area contributed by atoms with E-state index in [1.165, 1.54) is 6.92 Å². The smallest absolute Gasteiger partial charge is 0.245 e. The molecule has 0 aliphatic heterocycles. The molecular weight excluding hydrogens is 519 g/mol. The van der Waals surface area contributed by atoms with Gasteiger partial charge in [-0.1, -0.05) is 76.8 Å². The van der Waals surface area contributed by atoms with Crippen molar-refractivity contribution in [2.75, 3.05) is 11.5 Å². The van der Waals surface area contributed by atoms with Gasteiger partial charge in [0.2, 0.25) is 11.8 Å². The summed E-state index contributed by atoms with van der Waals surface area (Å²) in [4.78, 5) is 30.5. The second kappa shape index (κ2) is 14.7. The lowest BCUT2D eigenvalue weighted by molar-refractivity contribution is -0.140. The summed E-state index contributed by atoms with van der Waals surface area (Å²) >= 11 is 13.5. The number of rotatable bonds is 13. The van der Waals surface area contributed by atoms with Crippen LogP contribution in [0.25, 0.3) is 0 Å². The summed E-state index contributed by atoms with van der Waals surface area (Å²) in [5, 5.41) is -0.311. The van der Waals surface area contributed by atoms with Crippen LogP contribution in [0.1, 0.15) is 93.9 Å². The summed E-state index contributed by atoms with van der Waals surface area (Å²) in [6.07, 6.45) is 7.46. The van der Waals surface area contributed by atoms with Gasteiger partial charge in [0.1, 0.15) is 5.38 Å². The van der Waals surface area contributed by atoms with E-state index in [2.05, 4.69) is 33.8 Å². The Labute approximate surface area is 240 Å². The van der Waals surface area contributed by atoms with Crippen LogP contribution in [0.5, 0.6) is 0 Å². The molecule has 0 spiro atoms. The number of anilines is 1. The zero-order valence-corrected chi connectivity index (χ0v) is 26.1. The Hall–Kier alpha value is -1.56. The molecule has 0 saturated heterocycles. The predicted octanol–water partition coefficient (Wildman–Crippen LogP) is 8.23. The number of ether oxygens (including phenoxy) is 1. The molecule has 0 fully saturated rings. The van der Waals surface area contributed by atoms with E-state index >= 15 is 0 Å². The van der Waals surface area contributed by atoms with Crippen molar-refractivity contribution in [3.05, 3.63) is 40.9 Å². The average molecular weight is 568 g/mol. The highest BCUT2D eigenvalue weighted by atomic mass is 35.5. The average Bonchev–Trinajstić information content (AvgIpc) is 2.81. The van der Waals surface area contributed by atoms with E-state index in [9.17, 15) is 9.59 Å². The quantitative estimate of drug-likeness (QED) is 0.104. The van der Waals surface area contributed by atoms with Crippen molar-refractivity contribution in [1.82, 2.24) is 4.90 Å². The van der Waals surface area contributed by atoms with E-state index in [1.807, 2.05) is 39.0 Å². The molecule has 2 amide bonds. The van der Waals surface area contributed by atoms with Gasteiger partial charge in [-0.25, -0.2) is 0 Å². The molecule has 1 aromatic carbocycles. The van der Waals surface area contributed by atoms with Crippen molar-refractivity contribution >= 4 is 40.7 Å². The zero-order chi connectivity index (χ0) is 28.6. The van der Waals surface area contributed by atoms with Crippen molar-refractivity contribution in [3.8, 4) is 0 Å². The molecule has 2 rings (SSSR count). The fraction of sp³-hybridized carbons (Fsp3) is 0.677. The van der Waals surface area contributed by atoms with Crippen LogP contribution >= 0.6 is 23.2 Å². The summed E-state index contributed by atoms with van der Waals surface area (Å²) in [7, 11) is 0. The maximum atomic E-state index is 14.0. The second-order valence-electron chi connectivity index (χ2n) is 11.9. The lowest BCUT2D eigenvalue weighted by Gasteiger charge is -2.43. The van der Waals surface area contributed by atoms with Gasteiger partial charge in [-0.15, -0.1) is 11.6 Å². The maximum Gasteiger partial charge on any atom is 0.245 e. The summed E-state index contributed by atoms with van der Waals surface area (Å²) in [6.45, 7) is 16.7. The molecule has 0 aromatic heterocycles. The standard InChI is InChI=1S/C31H48Cl2N2O3/c1-9-10-11-14-17-38-30(35(24(6)36)27-16-13-12-15-26(27)32)23(5)34(21(2)3)29(37)28(33)25-18-22(4)19-31(7,8)20-25/h12-13,15-16,18,21-23,28,30H,9-11,14,17,19-20H2,1-8H3. The van der Waals surface area contributed by atoms with E-state index < -0.39 is 17.6 Å². The number of halogens is 2. The molecule has 0 saturated carbocycles. The summed E-state index contributed by atoms with van der Waals surface area (Å²) < 4.78 is 6.43. The van der Waals surface area contributed by atoms with Crippen LogP contribution in [-0.2, 0) is 14.3 Å². The zero-order valence-electron chi connectivity index (χ0n) is 24.6. The number of hydrogen-bond donors (Lipinski definition) is 0. The van der Waals surface area contributed by atoms with Gasteiger partial charge in [-0.3, -0.25) is 14.5 Å². The summed E-state index contributed by atoms with van der Waals surface area (Å²) in [6, 6.07) is 6.62. The highest BCUT2D eigenvalue weighted by molar-refractivity contribution is 6.34. The minimum absolute atomic E-state index is 0.0881. The van der Waals surface area contributed by atoms with Gasteiger partial charge in [0.05, 0.1) is 16.8 Å². The second-order valence-corrected chi connectivity index (χ2v) is 12.7. The lowest BCUT2D eigenvalue weighted by Crippen LogP contribution is -2.58. The highest BCUT2D eigenvalue weighted by Gasteiger charge is 2.40. The van der Waals surface area contributed by atoms with Crippen molar-refractivity contribution < 1.29 is 14.3 Å². The molecular formula is C31H48Cl2N2O3. The first-order valence-corrected chi connectivity index (χ1v) is 14.9. The molecule has 1 aromatic rings. The van der Waals surface area contributed by atoms with Crippen LogP contribution in [0.4, 0.5) is 5.69 Å². The molecule has 4 unspecified atom stereocenters. The molecule has 0 bridgehead atoms. The Morgan fingerprint density at radius 3 is 2.34 bits per heavy atom. The molecule has 4 atom stereocenters. The topological polar surface area (TPSA) is 49.9 Å². The third-order valence-electron chi connectivity index (χ3n) is 7.25. The summed E-state index contributed by atoms with van der Waals surface area (Å²) in [5.74, 6) is 0.000522. The first kappa shape index (κ1) is 32.7. The van der Waals surface area contributed by atoms with E-state index in [-0.39, 0.29) is 23.3 Å². The van der Waals surface area contributed by atoms with Crippen LogP contribution in [0, 0.1) is 11.3 Å².